The highest BCUT2D eigenvalue weighted by molar-refractivity contribution is 6.01. The van der Waals surface area contributed by atoms with Gasteiger partial charge in [0.05, 0.1) is 12.0 Å². The van der Waals surface area contributed by atoms with Gasteiger partial charge in [0.25, 0.3) is 0 Å². The van der Waals surface area contributed by atoms with E-state index in [1.54, 1.807) is 0 Å². The average Bonchev–Trinajstić information content (AvgIpc) is 2.33. The van der Waals surface area contributed by atoms with Gasteiger partial charge in [-0.2, -0.15) is 0 Å². The standard InChI is InChI=1S/C16H14O7/c1-16(21)7-12(19)15-8(2-9(17)5-13(15)23-16)3-11-4-10(18)6-14(20)22-11/h2,4-6,17-18,21H,3,7H2,1H3/p-1. The first-order chi connectivity index (χ1) is 10.7. The molecule has 1 unspecified atom stereocenters. The van der Waals surface area contributed by atoms with Gasteiger partial charge in [0.2, 0.25) is 5.79 Å². The molecule has 0 radical (unpaired) electrons. The third-order valence-corrected chi connectivity index (χ3v) is 3.43. The van der Waals surface area contributed by atoms with Crippen molar-refractivity contribution in [1.29, 1.82) is 0 Å². The highest BCUT2D eigenvalue weighted by atomic mass is 16.6. The number of phenols is 1. The smallest absolute Gasteiger partial charge is 0.335 e. The molecule has 1 aliphatic rings. The number of rotatable bonds is 2. The maximum Gasteiger partial charge on any atom is 0.335 e. The first-order valence-corrected chi connectivity index (χ1v) is 6.85. The van der Waals surface area contributed by atoms with Crippen LogP contribution in [-0.4, -0.2) is 21.8 Å². The van der Waals surface area contributed by atoms with Crippen LogP contribution in [0.4, 0.5) is 0 Å². The molecule has 120 valence electrons. The zero-order valence-electron chi connectivity index (χ0n) is 12.2. The normalized spacial score (nSPS) is 20.0. The third kappa shape index (κ3) is 3.04. The van der Waals surface area contributed by atoms with E-state index in [0.29, 0.717) is 5.56 Å². The number of benzene rings is 1. The van der Waals surface area contributed by atoms with Crippen LogP contribution in [0.2, 0.25) is 0 Å². The lowest BCUT2D eigenvalue weighted by atomic mass is 9.92. The number of Topliss-reactive ketones (excluding diaryl/α,β-unsaturated/α-hetero) is 1. The van der Waals surface area contributed by atoms with E-state index in [0.717, 1.165) is 12.1 Å². The fourth-order valence-electron chi connectivity index (χ4n) is 2.63. The zero-order valence-corrected chi connectivity index (χ0v) is 12.2. The number of hydrogen-bond donors (Lipinski definition) is 2. The second kappa shape index (κ2) is 5.13. The molecule has 0 spiro atoms. The Labute approximate surface area is 130 Å². The van der Waals surface area contributed by atoms with Crippen LogP contribution in [0.25, 0.3) is 0 Å². The molecular weight excluding hydrogens is 304 g/mol. The summed E-state index contributed by atoms with van der Waals surface area (Å²) in [6.07, 6.45) is -0.289. The number of carbonyl (C=O) groups excluding carboxylic acids is 1. The van der Waals surface area contributed by atoms with Crippen LogP contribution in [0, 0.1) is 0 Å². The van der Waals surface area contributed by atoms with Crippen molar-refractivity contribution in [2.24, 2.45) is 0 Å². The van der Waals surface area contributed by atoms with Gasteiger partial charge in [-0.1, -0.05) is 5.75 Å². The molecule has 0 saturated heterocycles. The summed E-state index contributed by atoms with van der Waals surface area (Å²) in [5, 5.41) is 31.1. The van der Waals surface area contributed by atoms with E-state index >= 15 is 0 Å². The van der Waals surface area contributed by atoms with Crippen LogP contribution in [0.3, 0.4) is 0 Å². The number of phenolic OH excluding ortho intramolecular Hbond substituents is 1. The quantitative estimate of drug-likeness (QED) is 0.835. The molecule has 3 rings (SSSR count). The van der Waals surface area contributed by atoms with Crippen LogP contribution < -0.4 is 15.5 Å². The van der Waals surface area contributed by atoms with Crippen LogP contribution >= 0.6 is 0 Å². The maximum absolute atomic E-state index is 12.3. The van der Waals surface area contributed by atoms with Gasteiger partial charge in [-0.25, -0.2) is 4.79 Å². The molecule has 0 fully saturated rings. The molecule has 0 saturated carbocycles. The van der Waals surface area contributed by atoms with E-state index in [1.807, 2.05) is 0 Å². The fourth-order valence-corrected chi connectivity index (χ4v) is 2.63. The van der Waals surface area contributed by atoms with E-state index in [2.05, 4.69) is 0 Å². The Morgan fingerprint density at radius 3 is 2.70 bits per heavy atom. The van der Waals surface area contributed by atoms with Gasteiger partial charge in [0.15, 0.2) is 5.78 Å². The molecule has 0 aliphatic carbocycles. The summed E-state index contributed by atoms with van der Waals surface area (Å²) < 4.78 is 10.2. The molecule has 1 aromatic heterocycles. The van der Waals surface area contributed by atoms with Gasteiger partial charge >= 0.3 is 5.63 Å². The molecule has 1 aliphatic heterocycles. The molecule has 2 N–H and O–H groups in total. The molecular formula is C16H13O7-. The van der Waals surface area contributed by atoms with Crippen LogP contribution in [0.15, 0.2) is 33.5 Å². The van der Waals surface area contributed by atoms with Gasteiger partial charge in [-0.15, -0.1) is 0 Å². The van der Waals surface area contributed by atoms with Gasteiger partial charge in [-0.05, 0) is 17.7 Å². The minimum Gasteiger partial charge on any atom is -0.872 e. The second-order valence-electron chi connectivity index (χ2n) is 5.61. The number of fused-ring (bicyclic) bond motifs is 1. The Kier molecular flexibility index (Phi) is 3.37. The number of hydrogen-bond acceptors (Lipinski definition) is 7. The fraction of sp³-hybridized carbons (Fsp3) is 0.250. The molecule has 7 heteroatoms. The molecule has 0 bridgehead atoms. The predicted molar refractivity (Wildman–Crippen MR) is 75.5 cm³/mol. The summed E-state index contributed by atoms with van der Waals surface area (Å²) >= 11 is 0. The lowest BCUT2D eigenvalue weighted by Crippen LogP contribution is -2.39. The van der Waals surface area contributed by atoms with E-state index in [9.17, 15) is 24.9 Å². The Morgan fingerprint density at radius 1 is 1.26 bits per heavy atom. The lowest BCUT2D eigenvalue weighted by molar-refractivity contribution is -0.268. The predicted octanol–water partition coefficient (Wildman–Crippen LogP) is 0.683. The summed E-state index contributed by atoms with van der Waals surface area (Å²) in [6, 6.07) is 4.51. The monoisotopic (exact) mass is 317 g/mol. The Hall–Kier alpha value is -2.80. The Morgan fingerprint density at radius 2 is 2.00 bits per heavy atom. The SMILES string of the molecule is CC1(O)CC(=O)c2c(Cc3cc([O-])cc(=O)o3)cc(O)cc2O1. The summed E-state index contributed by atoms with van der Waals surface area (Å²) in [5.74, 6) is -2.59. The number of ketones is 1. The molecule has 1 aromatic carbocycles. The van der Waals surface area contributed by atoms with Gasteiger partial charge < -0.3 is 24.5 Å². The van der Waals surface area contributed by atoms with Crippen LogP contribution in [0.1, 0.15) is 35.0 Å². The van der Waals surface area contributed by atoms with Crippen molar-refractivity contribution in [3.8, 4) is 17.2 Å². The second-order valence-corrected chi connectivity index (χ2v) is 5.61. The van der Waals surface area contributed by atoms with E-state index in [4.69, 9.17) is 9.15 Å². The van der Waals surface area contributed by atoms with Crippen molar-refractivity contribution in [2.75, 3.05) is 0 Å². The summed E-state index contributed by atoms with van der Waals surface area (Å²) in [7, 11) is 0. The lowest BCUT2D eigenvalue weighted by Gasteiger charge is -2.31. The highest BCUT2D eigenvalue weighted by Crippen LogP contribution is 2.37. The largest absolute Gasteiger partial charge is 0.872 e. The summed E-state index contributed by atoms with van der Waals surface area (Å²) in [4.78, 5) is 23.5. The molecule has 2 aromatic rings. The third-order valence-electron chi connectivity index (χ3n) is 3.43. The Balaban J connectivity index is 2.08. The van der Waals surface area contributed by atoms with Crippen molar-refractivity contribution < 1.29 is 29.3 Å². The molecule has 7 nitrogen and oxygen atoms in total. The minimum atomic E-state index is -1.66. The number of ether oxygens (including phenoxy) is 1. The van der Waals surface area contributed by atoms with Crippen molar-refractivity contribution in [1.82, 2.24) is 0 Å². The van der Waals surface area contributed by atoms with Crippen molar-refractivity contribution in [2.45, 2.75) is 25.6 Å². The van der Waals surface area contributed by atoms with Gasteiger partial charge in [0.1, 0.15) is 17.3 Å². The highest BCUT2D eigenvalue weighted by Gasteiger charge is 2.36. The number of carbonyl (C=O) groups is 1. The van der Waals surface area contributed by atoms with Gasteiger partial charge in [-0.3, -0.25) is 4.79 Å². The van der Waals surface area contributed by atoms with Gasteiger partial charge in [0, 0.05) is 25.5 Å². The van der Waals surface area contributed by atoms with Crippen molar-refractivity contribution in [3.63, 3.8) is 0 Å². The summed E-state index contributed by atoms with van der Waals surface area (Å²) in [5.41, 5.74) is -0.255. The molecule has 2 heterocycles. The average molecular weight is 317 g/mol. The maximum atomic E-state index is 12.3. The topological polar surface area (TPSA) is 120 Å². The first-order valence-electron chi connectivity index (χ1n) is 6.85. The molecule has 0 amide bonds. The summed E-state index contributed by atoms with van der Waals surface area (Å²) in [6.45, 7) is 1.34. The van der Waals surface area contributed by atoms with Crippen LogP contribution in [0.5, 0.6) is 17.2 Å². The van der Waals surface area contributed by atoms with E-state index in [-0.39, 0.29) is 41.4 Å². The van der Waals surface area contributed by atoms with Crippen molar-refractivity contribution in [3.05, 3.63) is 51.6 Å². The minimum absolute atomic E-state index is 0.0424. The van der Waals surface area contributed by atoms with Crippen LogP contribution in [-0.2, 0) is 6.42 Å². The number of aromatic hydroxyl groups is 1. The Bertz CT molecular complexity index is 848. The molecule has 1 atom stereocenters. The number of aliphatic hydroxyl groups is 1. The van der Waals surface area contributed by atoms with E-state index in [1.165, 1.54) is 19.1 Å². The first kappa shape index (κ1) is 15.1. The zero-order chi connectivity index (χ0) is 16.8. The molecule has 23 heavy (non-hydrogen) atoms. The van der Waals surface area contributed by atoms with Crippen molar-refractivity contribution >= 4 is 5.78 Å². The van der Waals surface area contributed by atoms with E-state index < -0.39 is 17.2 Å².